The third kappa shape index (κ3) is 3.02. The van der Waals surface area contributed by atoms with Gasteiger partial charge < -0.3 is 20.1 Å². The van der Waals surface area contributed by atoms with Crippen LogP contribution in [-0.4, -0.2) is 80.4 Å². The average Bonchev–Trinajstić information content (AvgIpc) is 2.52. The number of nitrogens with zero attached hydrogens (tertiary/aromatic N) is 2. The molecule has 0 aromatic heterocycles. The zero-order valence-corrected chi connectivity index (χ0v) is 14.4. The normalized spacial score (nSPS) is 31.9. The molecule has 0 aromatic carbocycles. The fraction of sp³-hybridized carbons (Fsp3) is 0.938. The quantitative estimate of drug-likeness (QED) is 0.764. The van der Waals surface area contributed by atoms with Gasteiger partial charge in [-0.05, 0) is 6.92 Å². The molecule has 0 aromatic rings. The summed E-state index contributed by atoms with van der Waals surface area (Å²) in [6.07, 6.45) is 0.700. The third-order valence-corrected chi connectivity index (χ3v) is 5.48. The van der Waals surface area contributed by atoms with Crippen molar-refractivity contribution in [1.82, 2.24) is 9.80 Å². The Morgan fingerprint density at radius 1 is 1.27 bits per heavy atom. The smallest absolute Gasteiger partial charge is 0.243 e. The molecule has 2 unspecified atom stereocenters. The Labute approximate surface area is 133 Å². The zero-order valence-electron chi connectivity index (χ0n) is 14.4. The highest BCUT2D eigenvalue weighted by atomic mass is 16.5. The number of hydrogen-bond acceptors (Lipinski definition) is 5. The number of carbonyl (C=O) groups excluding carboxylic acids is 1. The first-order chi connectivity index (χ1) is 10.4. The Hall–Kier alpha value is -0.690. The van der Waals surface area contributed by atoms with Gasteiger partial charge >= 0.3 is 0 Å². The fourth-order valence-electron chi connectivity index (χ4n) is 3.48. The Kier molecular flexibility index (Phi) is 5.48. The lowest BCUT2D eigenvalue weighted by Gasteiger charge is -2.59. The maximum absolute atomic E-state index is 12.9. The van der Waals surface area contributed by atoms with Crippen LogP contribution >= 0.6 is 0 Å². The maximum atomic E-state index is 12.9. The van der Waals surface area contributed by atoms with Crippen molar-refractivity contribution >= 4 is 5.91 Å². The molecule has 0 bridgehead atoms. The number of piperazine rings is 1. The van der Waals surface area contributed by atoms with Gasteiger partial charge in [-0.15, -0.1) is 0 Å². The molecular formula is C16H31N3O3. The van der Waals surface area contributed by atoms with Crippen LogP contribution in [0.2, 0.25) is 0 Å². The van der Waals surface area contributed by atoms with E-state index >= 15 is 0 Å². The van der Waals surface area contributed by atoms with Gasteiger partial charge in [-0.25, -0.2) is 0 Å². The van der Waals surface area contributed by atoms with Crippen molar-refractivity contribution in [2.45, 2.75) is 38.8 Å². The van der Waals surface area contributed by atoms with Gasteiger partial charge in [0.1, 0.15) is 5.54 Å². The van der Waals surface area contributed by atoms with Gasteiger partial charge in [-0.3, -0.25) is 9.69 Å². The minimum Gasteiger partial charge on any atom is -0.383 e. The summed E-state index contributed by atoms with van der Waals surface area (Å²) >= 11 is 0. The van der Waals surface area contributed by atoms with Crippen molar-refractivity contribution in [3.63, 3.8) is 0 Å². The first kappa shape index (κ1) is 17.7. The van der Waals surface area contributed by atoms with E-state index in [1.54, 1.807) is 7.11 Å². The zero-order chi connectivity index (χ0) is 16.4. The minimum absolute atomic E-state index is 0.0782. The van der Waals surface area contributed by atoms with Gasteiger partial charge in [0.2, 0.25) is 5.91 Å². The maximum Gasteiger partial charge on any atom is 0.243 e. The van der Waals surface area contributed by atoms with Crippen LogP contribution in [0.5, 0.6) is 0 Å². The van der Waals surface area contributed by atoms with Crippen molar-refractivity contribution in [2.75, 3.05) is 53.0 Å². The van der Waals surface area contributed by atoms with E-state index in [4.69, 9.17) is 15.2 Å². The SMILES string of the molecule is CCOC1CC(N)(C(=O)N2CCN(CCOC)CC2)C1(C)C. The molecule has 22 heavy (non-hydrogen) atoms. The number of carbonyl (C=O) groups is 1. The molecule has 0 spiro atoms. The highest BCUT2D eigenvalue weighted by Gasteiger charge is 2.63. The molecule has 1 saturated carbocycles. The van der Waals surface area contributed by atoms with Crippen LogP contribution in [0.1, 0.15) is 27.2 Å². The number of hydrogen-bond donors (Lipinski definition) is 1. The lowest BCUT2D eigenvalue weighted by Crippen LogP contribution is -2.76. The summed E-state index contributed by atoms with van der Waals surface area (Å²) in [6.45, 7) is 11.7. The summed E-state index contributed by atoms with van der Waals surface area (Å²) in [5.74, 6) is 0.0832. The molecular weight excluding hydrogens is 282 g/mol. The molecule has 1 aliphatic carbocycles. The van der Waals surface area contributed by atoms with E-state index in [9.17, 15) is 4.79 Å². The van der Waals surface area contributed by atoms with Crippen LogP contribution in [0.3, 0.4) is 0 Å². The highest BCUT2D eigenvalue weighted by Crippen LogP contribution is 2.50. The molecule has 1 amide bonds. The summed E-state index contributed by atoms with van der Waals surface area (Å²) in [7, 11) is 1.71. The Morgan fingerprint density at radius 2 is 1.91 bits per heavy atom. The standard InChI is InChI=1S/C16H31N3O3/c1-5-22-13-12-16(17,15(13,2)3)14(20)19-8-6-18(7-9-19)10-11-21-4/h13H,5-12,17H2,1-4H3. The van der Waals surface area contributed by atoms with Gasteiger partial charge in [0.15, 0.2) is 0 Å². The van der Waals surface area contributed by atoms with Gasteiger partial charge in [0.25, 0.3) is 0 Å². The van der Waals surface area contributed by atoms with Crippen LogP contribution in [0.25, 0.3) is 0 Å². The second-order valence-electron chi connectivity index (χ2n) is 6.97. The van der Waals surface area contributed by atoms with E-state index in [-0.39, 0.29) is 17.4 Å². The van der Waals surface area contributed by atoms with Crippen molar-refractivity contribution in [1.29, 1.82) is 0 Å². The molecule has 6 heteroatoms. The van der Waals surface area contributed by atoms with Crippen LogP contribution in [0, 0.1) is 5.41 Å². The topological polar surface area (TPSA) is 68.0 Å². The first-order valence-electron chi connectivity index (χ1n) is 8.28. The summed E-state index contributed by atoms with van der Waals surface area (Å²) in [5.41, 5.74) is 5.38. The molecule has 128 valence electrons. The molecule has 2 aliphatic rings. The number of ether oxygens (including phenoxy) is 2. The Balaban J connectivity index is 1.90. The van der Waals surface area contributed by atoms with Crippen LogP contribution in [-0.2, 0) is 14.3 Å². The largest absolute Gasteiger partial charge is 0.383 e. The van der Waals surface area contributed by atoms with Crippen molar-refractivity contribution in [3.8, 4) is 0 Å². The number of methoxy groups -OCH3 is 1. The molecule has 2 rings (SSSR count). The Bertz CT molecular complexity index is 394. The molecule has 1 heterocycles. The van der Waals surface area contributed by atoms with Gasteiger partial charge in [0.05, 0.1) is 12.7 Å². The molecule has 1 aliphatic heterocycles. The van der Waals surface area contributed by atoms with Crippen LogP contribution < -0.4 is 5.73 Å². The Morgan fingerprint density at radius 3 is 2.41 bits per heavy atom. The van der Waals surface area contributed by atoms with Gasteiger partial charge in [0, 0.05) is 58.3 Å². The summed E-state index contributed by atoms with van der Waals surface area (Å²) in [5, 5.41) is 0. The predicted octanol–water partition coefficient (Wildman–Crippen LogP) is 0.310. The van der Waals surface area contributed by atoms with E-state index in [1.807, 2.05) is 25.7 Å². The number of rotatable bonds is 6. The van der Waals surface area contributed by atoms with Crippen LogP contribution in [0.4, 0.5) is 0 Å². The van der Waals surface area contributed by atoms with E-state index in [1.165, 1.54) is 0 Å². The van der Waals surface area contributed by atoms with E-state index in [2.05, 4.69) is 4.90 Å². The predicted molar refractivity (Wildman–Crippen MR) is 85.6 cm³/mol. The molecule has 2 atom stereocenters. The molecule has 2 N–H and O–H groups in total. The summed E-state index contributed by atoms with van der Waals surface area (Å²) < 4.78 is 10.8. The third-order valence-electron chi connectivity index (χ3n) is 5.48. The molecule has 1 saturated heterocycles. The highest BCUT2D eigenvalue weighted by molar-refractivity contribution is 5.89. The second-order valence-corrected chi connectivity index (χ2v) is 6.97. The summed E-state index contributed by atoms with van der Waals surface area (Å²) in [6, 6.07) is 0. The van der Waals surface area contributed by atoms with Gasteiger partial charge in [-0.1, -0.05) is 13.8 Å². The molecule has 2 fully saturated rings. The van der Waals surface area contributed by atoms with Crippen molar-refractivity contribution in [2.24, 2.45) is 11.1 Å². The monoisotopic (exact) mass is 313 g/mol. The molecule has 0 radical (unpaired) electrons. The second kappa shape index (κ2) is 6.83. The van der Waals surface area contributed by atoms with E-state index in [0.717, 1.165) is 39.3 Å². The van der Waals surface area contributed by atoms with Crippen molar-refractivity contribution < 1.29 is 14.3 Å². The summed E-state index contributed by atoms with van der Waals surface area (Å²) in [4.78, 5) is 17.1. The number of nitrogens with two attached hydrogens (primary N) is 1. The lowest BCUT2D eigenvalue weighted by molar-refractivity contribution is -0.180. The fourth-order valence-corrected chi connectivity index (χ4v) is 3.48. The van der Waals surface area contributed by atoms with E-state index < -0.39 is 5.54 Å². The van der Waals surface area contributed by atoms with Crippen molar-refractivity contribution in [3.05, 3.63) is 0 Å². The average molecular weight is 313 g/mol. The first-order valence-corrected chi connectivity index (χ1v) is 8.28. The molecule has 6 nitrogen and oxygen atoms in total. The van der Waals surface area contributed by atoms with Gasteiger partial charge in [-0.2, -0.15) is 0 Å². The lowest BCUT2D eigenvalue weighted by atomic mass is 9.54. The van der Waals surface area contributed by atoms with E-state index in [0.29, 0.717) is 13.0 Å². The minimum atomic E-state index is -0.790. The number of amides is 1. The van der Waals surface area contributed by atoms with Crippen LogP contribution in [0.15, 0.2) is 0 Å².